The van der Waals surface area contributed by atoms with Gasteiger partial charge in [0.15, 0.2) is 0 Å². The van der Waals surface area contributed by atoms with Crippen LogP contribution in [-0.4, -0.2) is 22.0 Å². The number of carbonyl (C=O) groups excluding carboxylic acids is 1. The molecule has 0 aliphatic heterocycles. The molecular weight excluding hydrogens is 281 g/mol. The molecule has 1 aromatic heterocycles. The van der Waals surface area contributed by atoms with E-state index >= 15 is 0 Å². The number of amides is 2. The summed E-state index contributed by atoms with van der Waals surface area (Å²) in [5, 5.41) is 2.85. The van der Waals surface area contributed by atoms with E-state index < -0.39 is 0 Å². The largest absolute Gasteiger partial charge is 0.322 e. The Bertz CT molecular complexity index is 671. The van der Waals surface area contributed by atoms with Crippen LogP contribution in [0.2, 0.25) is 0 Å². The van der Waals surface area contributed by atoms with Crippen LogP contribution in [0, 0.1) is 12.7 Å². The first kappa shape index (κ1) is 14.5. The molecule has 5 heteroatoms. The second-order valence-corrected chi connectivity index (χ2v) is 5.61. The van der Waals surface area contributed by atoms with Crippen molar-refractivity contribution in [2.24, 2.45) is 0 Å². The van der Waals surface area contributed by atoms with E-state index in [9.17, 15) is 9.18 Å². The average Bonchev–Trinajstić information content (AvgIpc) is 3.34. The Morgan fingerprint density at radius 2 is 2.23 bits per heavy atom. The lowest BCUT2D eigenvalue weighted by molar-refractivity contribution is 0.206. The molecule has 0 spiro atoms. The molecule has 0 bridgehead atoms. The zero-order chi connectivity index (χ0) is 15.5. The van der Waals surface area contributed by atoms with Gasteiger partial charge in [0, 0.05) is 30.7 Å². The molecule has 2 aromatic rings. The maximum atomic E-state index is 13.3. The summed E-state index contributed by atoms with van der Waals surface area (Å²) in [4.78, 5) is 18.4. The Kier molecular flexibility index (Phi) is 4.04. The third-order valence-electron chi connectivity index (χ3n) is 3.73. The Labute approximate surface area is 129 Å². The number of carbonyl (C=O) groups is 1. The van der Waals surface area contributed by atoms with Crippen LogP contribution in [0.5, 0.6) is 0 Å². The van der Waals surface area contributed by atoms with Gasteiger partial charge in [-0.2, -0.15) is 0 Å². The van der Waals surface area contributed by atoms with Crippen LogP contribution in [0.25, 0.3) is 0 Å². The quantitative estimate of drug-likeness (QED) is 0.935. The molecule has 1 N–H and O–H groups in total. The van der Waals surface area contributed by atoms with Gasteiger partial charge in [0.05, 0.1) is 0 Å². The van der Waals surface area contributed by atoms with E-state index in [1.54, 1.807) is 31.5 Å². The zero-order valence-electron chi connectivity index (χ0n) is 12.4. The van der Waals surface area contributed by atoms with Crippen molar-refractivity contribution in [3.63, 3.8) is 0 Å². The highest BCUT2D eigenvalue weighted by molar-refractivity contribution is 5.89. The predicted octanol–water partition coefficient (Wildman–Crippen LogP) is 3.73. The van der Waals surface area contributed by atoms with Crippen LogP contribution in [0.3, 0.4) is 0 Å². The van der Waals surface area contributed by atoms with Crippen LogP contribution >= 0.6 is 0 Å². The van der Waals surface area contributed by atoms with Gasteiger partial charge >= 0.3 is 6.03 Å². The van der Waals surface area contributed by atoms with Gasteiger partial charge in [0.2, 0.25) is 0 Å². The number of nitrogens with zero attached hydrogens (tertiary/aromatic N) is 2. The van der Waals surface area contributed by atoms with Crippen molar-refractivity contribution in [2.45, 2.75) is 32.4 Å². The second-order valence-electron chi connectivity index (χ2n) is 5.61. The number of hydrogen-bond donors (Lipinski definition) is 1. The molecular formula is C17H18FN3O. The molecule has 1 aromatic carbocycles. The van der Waals surface area contributed by atoms with E-state index in [1.165, 1.54) is 6.07 Å². The summed E-state index contributed by atoms with van der Waals surface area (Å²) < 4.78 is 13.3. The first-order chi connectivity index (χ1) is 10.6. The standard InChI is InChI=1S/C17H18FN3O/c1-12-9-14(4-7-16(12)18)20-17(22)21(15-5-6-15)11-13-3-2-8-19-10-13/h2-4,7-10,15H,5-6,11H2,1H3,(H,20,22). The molecule has 0 saturated heterocycles. The van der Waals surface area contributed by atoms with E-state index in [4.69, 9.17) is 0 Å². The minimum absolute atomic E-state index is 0.155. The van der Waals surface area contributed by atoms with E-state index in [-0.39, 0.29) is 17.9 Å². The highest BCUT2D eigenvalue weighted by Gasteiger charge is 2.32. The van der Waals surface area contributed by atoms with E-state index in [2.05, 4.69) is 10.3 Å². The molecule has 1 aliphatic carbocycles. The number of pyridine rings is 1. The average molecular weight is 299 g/mol. The van der Waals surface area contributed by atoms with Gasteiger partial charge in [-0.15, -0.1) is 0 Å². The third kappa shape index (κ3) is 3.42. The van der Waals surface area contributed by atoms with Crippen molar-refractivity contribution in [3.05, 3.63) is 59.7 Å². The van der Waals surface area contributed by atoms with Gasteiger partial charge in [-0.1, -0.05) is 6.07 Å². The third-order valence-corrected chi connectivity index (χ3v) is 3.73. The van der Waals surface area contributed by atoms with Crippen LogP contribution in [0.1, 0.15) is 24.0 Å². The molecule has 0 atom stereocenters. The lowest BCUT2D eigenvalue weighted by Crippen LogP contribution is -2.36. The van der Waals surface area contributed by atoms with Gasteiger partial charge in [-0.05, 0) is 55.2 Å². The van der Waals surface area contributed by atoms with Crippen LogP contribution < -0.4 is 5.32 Å². The SMILES string of the molecule is Cc1cc(NC(=O)N(Cc2cccnc2)C2CC2)ccc1F. The molecule has 1 saturated carbocycles. The minimum atomic E-state index is -0.271. The lowest BCUT2D eigenvalue weighted by atomic mass is 10.2. The maximum Gasteiger partial charge on any atom is 0.322 e. The number of benzene rings is 1. The Morgan fingerprint density at radius 1 is 1.41 bits per heavy atom. The Hall–Kier alpha value is -2.43. The van der Waals surface area contributed by atoms with Crippen molar-refractivity contribution in [2.75, 3.05) is 5.32 Å². The first-order valence-corrected chi connectivity index (χ1v) is 7.36. The summed E-state index contributed by atoms with van der Waals surface area (Å²) in [5.41, 5.74) is 2.13. The molecule has 114 valence electrons. The first-order valence-electron chi connectivity index (χ1n) is 7.36. The van der Waals surface area contributed by atoms with Crippen molar-refractivity contribution in [1.29, 1.82) is 0 Å². The number of urea groups is 1. The minimum Gasteiger partial charge on any atom is -0.317 e. The summed E-state index contributed by atoms with van der Waals surface area (Å²) in [5.74, 6) is -0.271. The topological polar surface area (TPSA) is 45.2 Å². The molecule has 0 unspecified atom stereocenters. The summed E-state index contributed by atoms with van der Waals surface area (Å²) in [6.07, 6.45) is 5.53. The van der Waals surface area contributed by atoms with Crippen molar-refractivity contribution in [1.82, 2.24) is 9.88 Å². The van der Waals surface area contributed by atoms with Crippen molar-refractivity contribution < 1.29 is 9.18 Å². The van der Waals surface area contributed by atoms with Crippen LogP contribution in [0.15, 0.2) is 42.7 Å². The number of aryl methyl sites for hydroxylation is 1. The molecule has 2 amide bonds. The van der Waals surface area contributed by atoms with E-state index in [0.717, 1.165) is 18.4 Å². The molecule has 1 aliphatic rings. The van der Waals surface area contributed by atoms with E-state index in [0.29, 0.717) is 17.8 Å². The summed E-state index contributed by atoms with van der Waals surface area (Å²) in [7, 11) is 0. The van der Waals surface area contributed by atoms with E-state index in [1.807, 2.05) is 17.0 Å². The molecule has 22 heavy (non-hydrogen) atoms. The van der Waals surface area contributed by atoms with Crippen molar-refractivity contribution in [3.8, 4) is 0 Å². The summed E-state index contributed by atoms with van der Waals surface area (Å²) in [6.45, 7) is 2.21. The number of halogens is 1. The van der Waals surface area contributed by atoms with Crippen LogP contribution in [-0.2, 0) is 6.54 Å². The number of hydrogen-bond acceptors (Lipinski definition) is 2. The van der Waals surface area contributed by atoms with Gasteiger partial charge in [-0.3, -0.25) is 4.98 Å². The molecule has 1 heterocycles. The molecule has 1 fully saturated rings. The monoisotopic (exact) mass is 299 g/mol. The lowest BCUT2D eigenvalue weighted by Gasteiger charge is -2.23. The highest BCUT2D eigenvalue weighted by Crippen LogP contribution is 2.29. The number of aromatic nitrogens is 1. The second kappa shape index (κ2) is 6.13. The normalized spacial score (nSPS) is 13.7. The summed E-state index contributed by atoms with van der Waals surface area (Å²) in [6, 6.07) is 8.53. The molecule has 3 rings (SSSR count). The maximum absolute atomic E-state index is 13.3. The fourth-order valence-electron chi connectivity index (χ4n) is 2.36. The smallest absolute Gasteiger partial charge is 0.317 e. The Balaban J connectivity index is 1.71. The predicted molar refractivity (Wildman–Crippen MR) is 83.0 cm³/mol. The zero-order valence-corrected chi connectivity index (χ0v) is 12.4. The van der Waals surface area contributed by atoms with Gasteiger partial charge in [-0.25, -0.2) is 9.18 Å². The molecule has 0 radical (unpaired) electrons. The number of rotatable bonds is 4. The highest BCUT2D eigenvalue weighted by atomic mass is 19.1. The Morgan fingerprint density at radius 3 is 2.86 bits per heavy atom. The van der Waals surface area contributed by atoms with Gasteiger partial charge in [0.1, 0.15) is 5.82 Å². The van der Waals surface area contributed by atoms with Crippen LogP contribution in [0.4, 0.5) is 14.9 Å². The van der Waals surface area contributed by atoms with Gasteiger partial charge in [0.25, 0.3) is 0 Å². The van der Waals surface area contributed by atoms with Crippen molar-refractivity contribution >= 4 is 11.7 Å². The fourth-order valence-corrected chi connectivity index (χ4v) is 2.36. The number of nitrogens with one attached hydrogen (secondary N) is 1. The van der Waals surface area contributed by atoms with Gasteiger partial charge < -0.3 is 10.2 Å². The fraction of sp³-hybridized carbons (Fsp3) is 0.294. The number of anilines is 1. The summed E-state index contributed by atoms with van der Waals surface area (Å²) >= 11 is 0. The molecule has 4 nitrogen and oxygen atoms in total.